The average molecular weight is 392 g/mol. The molecule has 2 rings (SSSR count). The van der Waals surface area contributed by atoms with Crippen LogP contribution in [-0.2, 0) is 0 Å². The Bertz CT molecular complexity index is 689. The molecule has 120 valence electrons. The van der Waals surface area contributed by atoms with E-state index in [9.17, 15) is 0 Å². The molecule has 6 heteroatoms. The molecule has 0 fully saturated rings. The van der Waals surface area contributed by atoms with Crippen LogP contribution in [0.2, 0.25) is 0 Å². The van der Waals surface area contributed by atoms with Crippen molar-refractivity contribution in [3.05, 3.63) is 58.6 Å². The zero-order chi connectivity index (χ0) is 16.7. The summed E-state index contributed by atoms with van der Waals surface area (Å²) in [5.41, 5.74) is 4.64. The Kier molecular flexibility index (Phi) is 6.55. The van der Waals surface area contributed by atoms with Gasteiger partial charge >= 0.3 is 0 Å². The van der Waals surface area contributed by atoms with Gasteiger partial charge in [0.2, 0.25) is 0 Å². The molecule has 0 aliphatic heterocycles. The fourth-order valence-electron chi connectivity index (χ4n) is 1.79. The van der Waals surface area contributed by atoms with E-state index in [1.807, 2.05) is 62.4 Å². The third kappa shape index (κ3) is 6.00. The third-order valence-electron chi connectivity index (χ3n) is 2.73. The maximum absolute atomic E-state index is 5.67. The van der Waals surface area contributed by atoms with Crippen molar-refractivity contribution in [3.8, 4) is 5.75 Å². The van der Waals surface area contributed by atoms with Crippen molar-refractivity contribution in [1.82, 2.24) is 5.43 Å². The van der Waals surface area contributed by atoms with Gasteiger partial charge in [-0.3, -0.25) is 5.43 Å². The number of hydrazone groups is 1. The van der Waals surface area contributed by atoms with Crippen molar-refractivity contribution in [1.29, 1.82) is 0 Å². The van der Waals surface area contributed by atoms with Crippen molar-refractivity contribution in [2.24, 2.45) is 5.10 Å². The number of nitrogens with one attached hydrogen (secondary N) is 2. The first kappa shape index (κ1) is 17.4. The lowest BCUT2D eigenvalue weighted by Crippen LogP contribution is -2.23. The second-order valence-electron chi connectivity index (χ2n) is 5.05. The first-order chi connectivity index (χ1) is 11.0. The highest BCUT2D eigenvalue weighted by Gasteiger charge is 2.03. The van der Waals surface area contributed by atoms with Crippen LogP contribution in [0, 0.1) is 0 Å². The predicted octanol–water partition coefficient (Wildman–Crippen LogP) is 4.56. The smallest absolute Gasteiger partial charge is 0.191 e. The Morgan fingerprint density at radius 1 is 1.22 bits per heavy atom. The predicted molar refractivity (Wildman–Crippen MR) is 103 cm³/mol. The van der Waals surface area contributed by atoms with Crippen molar-refractivity contribution in [2.75, 3.05) is 5.32 Å². The third-order valence-corrected chi connectivity index (χ3v) is 3.54. The standard InChI is InChI=1S/C17H18BrN3OS/c1-12(2)22-16-9-8-13(10-15(16)18)11-19-21-17(23)20-14-6-4-3-5-7-14/h3-12H,1-2H3,(H2,20,21,23)/b19-11+. The van der Waals surface area contributed by atoms with Crippen LogP contribution in [0.25, 0.3) is 0 Å². The number of thiocarbonyl (C=S) groups is 1. The van der Waals surface area contributed by atoms with E-state index < -0.39 is 0 Å². The zero-order valence-electron chi connectivity index (χ0n) is 12.9. The SMILES string of the molecule is CC(C)Oc1ccc(/C=N/NC(=S)Nc2ccccc2)cc1Br. The molecule has 0 unspecified atom stereocenters. The summed E-state index contributed by atoms with van der Waals surface area (Å²) in [6.07, 6.45) is 1.83. The van der Waals surface area contributed by atoms with E-state index in [4.69, 9.17) is 17.0 Å². The Morgan fingerprint density at radius 2 is 1.96 bits per heavy atom. The molecule has 0 aliphatic rings. The maximum atomic E-state index is 5.67. The van der Waals surface area contributed by atoms with Crippen LogP contribution in [0.15, 0.2) is 58.1 Å². The number of rotatable bonds is 5. The minimum absolute atomic E-state index is 0.133. The van der Waals surface area contributed by atoms with Gasteiger partial charge in [-0.2, -0.15) is 5.10 Å². The average Bonchev–Trinajstić information content (AvgIpc) is 2.50. The summed E-state index contributed by atoms with van der Waals surface area (Å²) in [6.45, 7) is 3.98. The normalized spacial score (nSPS) is 10.8. The van der Waals surface area contributed by atoms with Crippen molar-refractivity contribution in [3.63, 3.8) is 0 Å². The summed E-state index contributed by atoms with van der Waals surface area (Å²) in [7, 11) is 0. The van der Waals surface area contributed by atoms with Gasteiger partial charge in [-0.1, -0.05) is 18.2 Å². The summed E-state index contributed by atoms with van der Waals surface area (Å²) in [6, 6.07) is 15.5. The molecule has 0 aromatic heterocycles. The van der Waals surface area contributed by atoms with Crippen LogP contribution in [0.3, 0.4) is 0 Å². The minimum atomic E-state index is 0.133. The van der Waals surface area contributed by atoms with Gasteiger partial charge in [-0.25, -0.2) is 0 Å². The van der Waals surface area contributed by atoms with Gasteiger partial charge in [0.05, 0.1) is 16.8 Å². The van der Waals surface area contributed by atoms with Crippen molar-refractivity contribution >= 4 is 45.2 Å². The molecule has 2 aromatic carbocycles. The summed E-state index contributed by atoms with van der Waals surface area (Å²) >= 11 is 8.68. The van der Waals surface area contributed by atoms with Crippen molar-refractivity contribution < 1.29 is 4.74 Å². The summed E-state index contributed by atoms with van der Waals surface area (Å²) < 4.78 is 6.56. The van der Waals surface area contributed by atoms with E-state index in [0.717, 1.165) is 21.5 Å². The van der Waals surface area contributed by atoms with E-state index >= 15 is 0 Å². The number of ether oxygens (including phenoxy) is 1. The van der Waals surface area contributed by atoms with Crippen LogP contribution in [-0.4, -0.2) is 17.4 Å². The number of nitrogens with zero attached hydrogens (tertiary/aromatic N) is 1. The van der Waals surface area contributed by atoms with Gasteiger partial charge in [0.1, 0.15) is 5.75 Å². The quantitative estimate of drug-likeness (QED) is 0.445. The molecule has 0 heterocycles. The molecule has 0 spiro atoms. The van der Waals surface area contributed by atoms with E-state index in [-0.39, 0.29) is 6.10 Å². The molecule has 0 saturated heterocycles. The second kappa shape index (κ2) is 8.64. The molecule has 0 aliphatic carbocycles. The van der Waals surface area contributed by atoms with Crippen LogP contribution in [0.1, 0.15) is 19.4 Å². The highest BCUT2D eigenvalue weighted by molar-refractivity contribution is 9.10. The van der Waals surface area contributed by atoms with Crippen LogP contribution in [0.4, 0.5) is 5.69 Å². The maximum Gasteiger partial charge on any atom is 0.191 e. The molecule has 0 bridgehead atoms. The van der Waals surface area contributed by atoms with Gasteiger partial charge < -0.3 is 10.1 Å². The molecule has 2 aromatic rings. The molecular formula is C17H18BrN3OS. The Morgan fingerprint density at radius 3 is 2.61 bits per heavy atom. The lowest BCUT2D eigenvalue weighted by Gasteiger charge is -2.11. The number of para-hydroxylation sites is 1. The van der Waals surface area contributed by atoms with Gasteiger partial charge in [0, 0.05) is 5.69 Å². The fraction of sp³-hybridized carbons (Fsp3) is 0.176. The lowest BCUT2D eigenvalue weighted by molar-refractivity contribution is 0.241. The molecule has 4 nitrogen and oxygen atoms in total. The number of hydrogen-bond acceptors (Lipinski definition) is 3. The molecule has 0 atom stereocenters. The molecule has 2 N–H and O–H groups in total. The minimum Gasteiger partial charge on any atom is -0.490 e. The monoisotopic (exact) mass is 391 g/mol. The molecule has 0 saturated carbocycles. The van der Waals surface area contributed by atoms with E-state index in [1.165, 1.54) is 0 Å². The molecular weight excluding hydrogens is 374 g/mol. The molecule has 0 radical (unpaired) electrons. The second-order valence-corrected chi connectivity index (χ2v) is 6.31. The highest BCUT2D eigenvalue weighted by Crippen LogP contribution is 2.26. The van der Waals surface area contributed by atoms with Gasteiger partial charge in [-0.05, 0) is 77.9 Å². The van der Waals surface area contributed by atoms with Crippen LogP contribution < -0.4 is 15.5 Å². The number of benzene rings is 2. The van der Waals surface area contributed by atoms with Crippen molar-refractivity contribution in [2.45, 2.75) is 20.0 Å². The highest BCUT2D eigenvalue weighted by atomic mass is 79.9. The van der Waals surface area contributed by atoms with Gasteiger partial charge in [0.15, 0.2) is 5.11 Å². The zero-order valence-corrected chi connectivity index (χ0v) is 15.3. The Hall–Kier alpha value is -1.92. The molecule has 0 amide bonds. The van der Waals surface area contributed by atoms with Crippen LogP contribution >= 0.6 is 28.1 Å². The number of anilines is 1. The van der Waals surface area contributed by atoms with E-state index in [0.29, 0.717) is 5.11 Å². The number of hydrogen-bond donors (Lipinski definition) is 2. The van der Waals surface area contributed by atoms with E-state index in [1.54, 1.807) is 6.21 Å². The molecule has 23 heavy (non-hydrogen) atoms. The summed E-state index contributed by atoms with van der Waals surface area (Å²) in [4.78, 5) is 0. The topological polar surface area (TPSA) is 45.6 Å². The van der Waals surface area contributed by atoms with Gasteiger partial charge in [0.25, 0.3) is 0 Å². The first-order valence-electron chi connectivity index (χ1n) is 7.16. The Balaban J connectivity index is 1.90. The fourth-order valence-corrected chi connectivity index (χ4v) is 2.45. The summed E-state index contributed by atoms with van der Waals surface area (Å²) in [5.74, 6) is 0.811. The van der Waals surface area contributed by atoms with Gasteiger partial charge in [-0.15, -0.1) is 0 Å². The van der Waals surface area contributed by atoms with Crippen LogP contribution in [0.5, 0.6) is 5.75 Å². The summed E-state index contributed by atoms with van der Waals surface area (Å²) in [5, 5.41) is 7.61. The Labute approximate surface area is 150 Å². The number of halogens is 1. The lowest BCUT2D eigenvalue weighted by atomic mass is 10.2. The first-order valence-corrected chi connectivity index (χ1v) is 8.36. The van der Waals surface area contributed by atoms with E-state index in [2.05, 4.69) is 31.8 Å². The largest absolute Gasteiger partial charge is 0.490 e.